The third kappa shape index (κ3) is 3.00. The highest BCUT2D eigenvalue weighted by atomic mass is 35.5. The molecule has 1 atom stereocenters. The number of rotatable bonds is 3. The fourth-order valence-corrected chi connectivity index (χ4v) is 1.26. The van der Waals surface area contributed by atoms with Crippen LogP contribution in [0.4, 0.5) is 0 Å². The molecule has 4 heteroatoms. The normalized spacial score (nSPS) is 11.2. The number of halogens is 1. The molecule has 0 fully saturated rings. The van der Waals surface area contributed by atoms with Crippen LogP contribution in [-0.4, -0.2) is 6.54 Å². The van der Waals surface area contributed by atoms with Gasteiger partial charge in [-0.05, 0) is 24.6 Å². The van der Waals surface area contributed by atoms with Crippen LogP contribution in [-0.2, 0) is 0 Å². The fraction of sp³-hybridized carbons (Fsp3) is 0.300. The van der Waals surface area contributed by atoms with Crippen molar-refractivity contribution in [3.05, 3.63) is 35.4 Å². The van der Waals surface area contributed by atoms with E-state index >= 15 is 0 Å². The van der Waals surface area contributed by atoms with Crippen molar-refractivity contribution in [3.63, 3.8) is 0 Å². The Morgan fingerprint density at radius 2 is 2.00 bits per heavy atom. The average molecular weight is 212 g/mol. The SMILES string of the molecule is Cl.N#Cc1ccccc1[C@@H](N)CCN. The zero-order valence-electron chi connectivity index (χ0n) is 7.81. The second-order valence-electron chi connectivity index (χ2n) is 2.88. The lowest BCUT2D eigenvalue weighted by Gasteiger charge is -2.11. The van der Waals surface area contributed by atoms with Crippen LogP contribution >= 0.6 is 12.4 Å². The van der Waals surface area contributed by atoms with Gasteiger partial charge < -0.3 is 11.5 Å². The Balaban J connectivity index is 0.00000169. The highest BCUT2D eigenvalue weighted by molar-refractivity contribution is 5.85. The van der Waals surface area contributed by atoms with Gasteiger partial charge in [-0.3, -0.25) is 0 Å². The highest BCUT2D eigenvalue weighted by Gasteiger charge is 2.08. The molecule has 1 rings (SSSR count). The zero-order valence-corrected chi connectivity index (χ0v) is 8.63. The molecule has 0 saturated carbocycles. The van der Waals surface area contributed by atoms with Gasteiger partial charge in [-0.15, -0.1) is 12.4 Å². The van der Waals surface area contributed by atoms with Crippen molar-refractivity contribution >= 4 is 12.4 Å². The minimum Gasteiger partial charge on any atom is -0.330 e. The first kappa shape index (κ1) is 12.9. The summed E-state index contributed by atoms with van der Waals surface area (Å²) in [6, 6.07) is 9.35. The lowest BCUT2D eigenvalue weighted by Crippen LogP contribution is -2.16. The summed E-state index contributed by atoms with van der Waals surface area (Å²) in [6.45, 7) is 0.543. The molecule has 0 bridgehead atoms. The molecule has 1 aromatic carbocycles. The van der Waals surface area contributed by atoms with Crippen LogP contribution in [0, 0.1) is 11.3 Å². The average Bonchev–Trinajstić information content (AvgIpc) is 2.18. The van der Waals surface area contributed by atoms with Gasteiger partial charge in [-0.1, -0.05) is 18.2 Å². The number of nitrogens with zero attached hydrogens (tertiary/aromatic N) is 1. The minimum absolute atomic E-state index is 0. The molecular weight excluding hydrogens is 198 g/mol. The first-order valence-electron chi connectivity index (χ1n) is 4.24. The number of nitriles is 1. The van der Waals surface area contributed by atoms with Crippen molar-refractivity contribution in [1.29, 1.82) is 5.26 Å². The maximum atomic E-state index is 8.80. The second kappa shape index (κ2) is 6.39. The molecule has 0 unspecified atom stereocenters. The van der Waals surface area contributed by atoms with Gasteiger partial charge in [0.05, 0.1) is 11.6 Å². The number of hydrogen-bond acceptors (Lipinski definition) is 3. The van der Waals surface area contributed by atoms with E-state index in [1.165, 1.54) is 0 Å². The van der Waals surface area contributed by atoms with Crippen LogP contribution in [0.2, 0.25) is 0 Å². The minimum atomic E-state index is -0.124. The van der Waals surface area contributed by atoms with Gasteiger partial charge in [0.1, 0.15) is 0 Å². The summed E-state index contributed by atoms with van der Waals surface area (Å²) in [7, 11) is 0. The summed E-state index contributed by atoms with van der Waals surface area (Å²) in [5, 5.41) is 8.80. The number of hydrogen-bond donors (Lipinski definition) is 2. The molecule has 0 aliphatic rings. The van der Waals surface area contributed by atoms with Gasteiger partial charge >= 0.3 is 0 Å². The summed E-state index contributed by atoms with van der Waals surface area (Å²) >= 11 is 0. The van der Waals surface area contributed by atoms with E-state index in [-0.39, 0.29) is 18.4 Å². The smallest absolute Gasteiger partial charge is 0.0995 e. The lowest BCUT2D eigenvalue weighted by molar-refractivity contribution is 0.660. The van der Waals surface area contributed by atoms with Crippen LogP contribution in [0.3, 0.4) is 0 Å². The molecule has 0 radical (unpaired) electrons. The Morgan fingerprint density at radius 1 is 1.36 bits per heavy atom. The topological polar surface area (TPSA) is 75.8 Å². The van der Waals surface area contributed by atoms with E-state index in [1.54, 1.807) is 6.07 Å². The Hall–Kier alpha value is -1.08. The molecule has 14 heavy (non-hydrogen) atoms. The van der Waals surface area contributed by atoms with Gasteiger partial charge in [0.2, 0.25) is 0 Å². The third-order valence-electron chi connectivity index (χ3n) is 1.96. The van der Waals surface area contributed by atoms with Crippen LogP contribution < -0.4 is 11.5 Å². The van der Waals surface area contributed by atoms with Crippen LogP contribution in [0.15, 0.2) is 24.3 Å². The van der Waals surface area contributed by atoms with E-state index in [0.717, 1.165) is 5.56 Å². The van der Waals surface area contributed by atoms with Crippen molar-refractivity contribution in [3.8, 4) is 6.07 Å². The second-order valence-corrected chi connectivity index (χ2v) is 2.88. The molecule has 76 valence electrons. The van der Waals surface area contributed by atoms with E-state index in [0.29, 0.717) is 18.5 Å². The molecule has 3 nitrogen and oxygen atoms in total. The maximum absolute atomic E-state index is 8.80. The Labute approximate surface area is 90.1 Å². The van der Waals surface area contributed by atoms with Gasteiger partial charge in [-0.2, -0.15) is 5.26 Å². The number of benzene rings is 1. The molecule has 0 aliphatic carbocycles. The van der Waals surface area contributed by atoms with Crippen LogP contribution in [0.1, 0.15) is 23.6 Å². The monoisotopic (exact) mass is 211 g/mol. The first-order valence-corrected chi connectivity index (χ1v) is 4.24. The quantitative estimate of drug-likeness (QED) is 0.792. The predicted octanol–water partition coefficient (Wildman–Crippen LogP) is 1.33. The predicted molar refractivity (Wildman–Crippen MR) is 59.0 cm³/mol. The van der Waals surface area contributed by atoms with E-state index in [2.05, 4.69) is 6.07 Å². The van der Waals surface area contributed by atoms with E-state index in [9.17, 15) is 0 Å². The highest BCUT2D eigenvalue weighted by Crippen LogP contribution is 2.17. The molecule has 0 saturated heterocycles. The standard InChI is InChI=1S/C10H13N3.ClH/c11-6-5-10(13)9-4-2-1-3-8(9)7-12;/h1-4,10H,5-6,11,13H2;1H/t10-;/m0./s1. The molecule has 0 spiro atoms. The van der Waals surface area contributed by atoms with Gasteiger partial charge in [0.15, 0.2) is 0 Å². The Morgan fingerprint density at radius 3 is 2.57 bits per heavy atom. The van der Waals surface area contributed by atoms with Crippen LogP contribution in [0.5, 0.6) is 0 Å². The zero-order chi connectivity index (χ0) is 9.68. The maximum Gasteiger partial charge on any atom is 0.0995 e. The molecule has 0 heterocycles. The molecule has 4 N–H and O–H groups in total. The van der Waals surface area contributed by atoms with Crippen molar-refractivity contribution in [2.75, 3.05) is 6.54 Å². The molecule has 1 aromatic rings. The van der Waals surface area contributed by atoms with Crippen molar-refractivity contribution in [1.82, 2.24) is 0 Å². The van der Waals surface area contributed by atoms with Crippen LogP contribution in [0.25, 0.3) is 0 Å². The fourth-order valence-electron chi connectivity index (χ4n) is 1.26. The third-order valence-corrected chi connectivity index (χ3v) is 1.96. The summed E-state index contributed by atoms with van der Waals surface area (Å²) in [5.41, 5.74) is 12.8. The van der Waals surface area contributed by atoms with E-state index in [1.807, 2.05) is 18.2 Å². The van der Waals surface area contributed by atoms with Gasteiger partial charge in [0.25, 0.3) is 0 Å². The summed E-state index contributed by atoms with van der Waals surface area (Å²) in [4.78, 5) is 0. The summed E-state index contributed by atoms with van der Waals surface area (Å²) in [5.74, 6) is 0. The molecule has 0 amide bonds. The van der Waals surface area contributed by atoms with E-state index in [4.69, 9.17) is 16.7 Å². The van der Waals surface area contributed by atoms with Crippen molar-refractivity contribution in [2.24, 2.45) is 11.5 Å². The largest absolute Gasteiger partial charge is 0.330 e. The lowest BCUT2D eigenvalue weighted by atomic mass is 9.99. The summed E-state index contributed by atoms with van der Waals surface area (Å²) in [6.07, 6.45) is 0.707. The molecule has 0 aromatic heterocycles. The van der Waals surface area contributed by atoms with Gasteiger partial charge in [0, 0.05) is 6.04 Å². The number of nitrogens with two attached hydrogens (primary N) is 2. The summed E-state index contributed by atoms with van der Waals surface area (Å²) < 4.78 is 0. The van der Waals surface area contributed by atoms with Crippen molar-refractivity contribution in [2.45, 2.75) is 12.5 Å². The van der Waals surface area contributed by atoms with E-state index < -0.39 is 0 Å². The van der Waals surface area contributed by atoms with Crippen molar-refractivity contribution < 1.29 is 0 Å². The molecule has 0 aliphatic heterocycles. The Kier molecular flexibility index (Phi) is 5.89. The molecular formula is C10H14ClN3. The van der Waals surface area contributed by atoms with Gasteiger partial charge in [-0.25, -0.2) is 0 Å². The first-order chi connectivity index (χ1) is 6.29. The Bertz CT molecular complexity index is 319.